The van der Waals surface area contributed by atoms with Gasteiger partial charge in [0.25, 0.3) is 5.89 Å². The molecule has 2 aromatic heterocycles. The van der Waals surface area contributed by atoms with E-state index in [0.29, 0.717) is 11.8 Å². The van der Waals surface area contributed by atoms with E-state index in [9.17, 15) is 0 Å². The zero-order chi connectivity index (χ0) is 14.8. The van der Waals surface area contributed by atoms with Crippen molar-refractivity contribution in [2.24, 2.45) is 0 Å². The average molecular weight is 358 g/mol. The lowest BCUT2D eigenvalue weighted by Crippen LogP contribution is -2.36. The topological polar surface area (TPSA) is 51.0 Å². The van der Waals surface area contributed by atoms with Gasteiger partial charge in [-0.25, -0.2) is 0 Å². The van der Waals surface area contributed by atoms with E-state index in [1.165, 1.54) is 5.56 Å². The normalized spacial score (nSPS) is 12.1. The third-order valence-electron chi connectivity index (χ3n) is 2.76. The smallest absolute Gasteiger partial charge is 0.257 e. The number of halogens is 1. The molecule has 110 valence electrons. The first-order chi connectivity index (χ1) is 9.35. The first kappa shape index (κ1) is 15.7. The summed E-state index contributed by atoms with van der Waals surface area (Å²) in [6.45, 7) is 9.49. The van der Waals surface area contributed by atoms with Crippen LogP contribution in [-0.4, -0.2) is 22.3 Å². The highest BCUT2D eigenvalue weighted by Crippen LogP contribution is 2.33. The Bertz CT molecular complexity index is 552. The molecule has 0 bridgehead atoms. The van der Waals surface area contributed by atoms with Gasteiger partial charge in [-0.2, -0.15) is 0 Å². The summed E-state index contributed by atoms with van der Waals surface area (Å²) in [6, 6.07) is 2.06. The maximum atomic E-state index is 5.71. The van der Waals surface area contributed by atoms with Crippen molar-refractivity contribution in [1.29, 1.82) is 0 Å². The van der Waals surface area contributed by atoms with Crippen molar-refractivity contribution in [3.05, 3.63) is 21.3 Å². The van der Waals surface area contributed by atoms with E-state index in [1.54, 1.807) is 11.3 Å². The van der Waals surface area contributed by atoms with Crippen LogP contribution in [-0.2, 0) is 6.42 Å². The Morgan fingerprint density at radius 3 is 2.70 bits per heavy atom. The SMILES string of the molecule is Cc1cc(-c2nnc(CCCNC(C)(C)C)o2)sc1Br. The van der Waals surface area contributed by atoms with E-state index in [1.807, 2.05) is 0 Å². The molecule has 6 heteroatoms. The molecule has 0 saturated carbocycles. The summed E-state index contributed by atoms with van der Waals surface area (Å²) in [4.78, 5) is 1.01. The van der Waals surface area contributed by atoms with Crippen LogP contribution in [0.25, 0.3) is 10.8 Å². The minimum Gasteiger partial charge on any atom is -0.420 e. The zero-order valence-corrected chi connectivity index (χ0v) is 14.7. The molecule has 2 rings (SSSR count). The highest BCUT2D eigenvalue weighted by Gasteiger charge is 2.13. The van der Waals surface area contributed by atoms with Gasteiger partial charge >= 0.3 is 0 Å². The average Bonchev–Trinajstić information content (AvgIpc) is 2.92. The molecule has 4 nitrogen and oxygen atoms in total. The van der Waals surface area contributed by atoms with Gasteiger partial charge in [0.2, 0.25) is 5.89 Å². The Balaban J connectivity index is 1.89. The molecular weight excluding hydrogens is 338 g/mol. The molecule has 0 amide bonds. The van der Waals surface area contributed by atoms with Crippen LogP contribution in [0.15, 0.2) is 14.3 Å². The highest BCUT2D eigenvalue weighted by molar-refractivity contribution is 9.11. The molecule has 0 aliphatic carbocycles. The lowest BCUT2D eigenvalue weighted by Gasteiger charge is -2.19. The van der Waals surface area contributed by atoms with Crippen molar-refractivity contribution in [3.63, 3.8) is 0 Å². The number of hydrogen-bond acceptors (Lipinski definition) is 5. The van der Waals surface area contributed by atoms with Crippen LogP contribution in [0, 0.1) is 6.92 Å². The highest BCUT2D eigenvalue weighted by atomic mass is 79.9. The van der Waals surface area contributed by atoms with Crippen molar-refractivity contribution < 1.29 is 4.42 Å². The van der Waals surface area contributed by atoms with Crippen molar-refractivity contribution in [2.45, 2.75) is 46.1 Å². The lowest BCUT2D eigenvalue weighted by atomic mass is 10.1. The van der Waals surface area contributed by atoms with Gasteiger partial charge in [-0.3, -0.25) is 0 Å². The number of thiophene rings is 1. The molecule has 0 spiro atoms. The van der Waals surface area contributed by atoms with E-state index in [0.717, 1.165) is 28.0 Å². The molecule has 0 aromatic carbocycles. The maximum Gasteiger partial charge on any atom is 0.257 e. The fraction of sp³-hybridized carbons (Fsp3) is 0.571. The second kappa shape index (κ2) is 6.37. The van der Waals surface area contributed by atoms with Crippen LogP contribution in [0.5, 0.6) is 0 Å². The number of aromatic nitrogens is 2. The fourth-order valence-electron chi connectivity index (χ4n) is 1.72. The summed E-state index contributed by atoms with van der Waals surface area (Å²) in [5.74, 6) is 1.32. The van der Waals surface area contributed by atoms with E-state index in [2.05, 4.69) is 65.2 Å². The van der Waals surface area contributed by atoms with Gasteiger partial charge in [-0.15, -0.1) is 21.5 Å². The van der Waals surface area contributed by atoms with Gasteiger partial charge in [0.05, 0.1) is 8.66 Å². The molecule has 2 aromatic rings. The molecule has 20 heavy (non-hydrogen) atoms. The van der Waals surface area contributed by atoms with Crippen LogP contribution < -0.4 is 5.32 Å². The third-order valence-corrected chi connectivity index (χ3v) is 4.88. The van der Waals surface area contributed by atoms with E-state index >= 15 is 0 Å². The Morgan fingerprint density at radius 1 is 1.35 bits per heavy atom. The molecule has 1 N–H and O–H groups in total. The lowest BCUT2D eigenvalue weighted by molar-refractivity contribution is 0.413. The second-order valence-electron chi connectivity index (χ2n) is 5.85. The Kier molecular flexibility index (Phi) is 4.99. The second-order valence-corrected chi connectivity index (χ2v) is 8.22. The Hall–Kier alpha value is -0.720. The predicted octanol–water partition coefficient (Wildman–Crippen LogP) is 4.19. The molecular formula is C14H20BrN3OS. The first-order valence-electron chi connectivity index (χ1n) is 6.69. The Morgan fingerprint density at radius 2 is 2.10 bits per heavy atom. The summed E-state index contributed by atoms with van der Waals surface area (Å²) in [5.41, 5.74) is 1.35. The van der Waals surface area contributed by atoms with Crippen LogP contribution in [0.3, 0.4) is 0 Å². The molecule has 0 aliphatic rings. The van der Waals surface area contributed by atoms with E-state index < -0.39 is 0 Å². The monoisotopic (exact) mass is 357 g/mol. The van der Waals surface area contributed by atoms with E-state index in [-0.39, 0.29) is 5.54 Å². The van der Waals surface area contributed by atoms with Crippen molar-refractivity contribution in [2.75, 3.05) is 6.54 Å². The van der Waals surface area contributed by atoms with Gasteiger partial charge < -0.3 is 9.73 Å². The predicted molar refractivity (Wildman–Crippen MR) is 86.1 cm³/mol. The summed E-state index contributed by atoms with van der Waals surface area (Å²) in [7, 11) is 0. The van der Waals surface area contributed by atoms with Crippen molar-refractivity contribution in [1.82, 2.24) is 15.5 Å². The van der Waals surface area contributed by atoms with Gasteiger partial charge in [-0.1, -0.05) is 0 Å². The molecule has 2 heterocycles. The number of hydrogen-bond donors (Lipinski definition) is 1. The first-order valence-corrected chi connectivity index (χ1v) is 8.30. The molecule has 0 saturated heterocycles. The fourth-order valence-corrected chi connectivity index (χ4v) is 3.18. The van der Waals surface area contributed by atoms with Gasteiger partial charge in [0, 0.05) is 12.0 Å². The van der Waals surface area contributed by atoms with Crippen LogP contribution in [0.2, 0.25) is 0 Å². The third kappa shape index (κ3) is 4.40. The van der Waals surface area contributed by atoms with Crippen molar-refractivity contribution in [3.8, 4) is 10.8 Å². The quantitative estimate of drug-likeness (QED) is 0.815. The summed E-state index contributed by atoms with van der Waals surface area (Å²) in [6.07, 6.45) is 1.80. The summed E-state index contributed by atoms with van der Waals surface area (Å²) >= 11 is 5.13. The molecule has 0 atom stereocenters. The largest absolute Gasteiger partial charge is 0.420 e. The van der Waals surface area contributed by atoms with Crippen LogP contribution >= 0.6 is 27.3 Å². The molecule has 0 aliphatic heterocycles. The summed E-state index contributed by atoms with van der Waals surface area (Å²) < 4.78 is 6.82. The number of rotatable bonds is 5. The number of aryl methyl sites for hydroxylation is 2. The zero-order valence-electron chi connectivity index (χ0n) is 12.3. The van der Waals surface area contributed by atoms with Gasteiger partial charge in [-0.05, 0) is 68.2 Å². The molecule has 0 radical (unpaired) electrons. The van der Waals surface area contributed by atoms with E-state index in [4.69, 9.17) is 4.42 Å². The minimum atomic E-state index is 0.154. The number of nitrogens with zero attached hydrogens (tertiary/aromatic N) is 2. The Labute approximate surface area is 132 Å². The maximum absolute atomic E-state index is 5.71. The molecule has 0 fully saturated rings. The minimum absolute atomic E-state index is 0.154. The number of nitrogens with one attached hydrogen (secondary N) is 1. The summed E-state index contributed by atoms with van der Waals surface area (Å²) in [5, 5.41) is 11.7. The van der Waals surface area contributed by atoms with Crippen molar-refractivity contribution >= 4 is 27.3 Å². The standard InChI is InChI=1S/C14H20BrN3OS/c1-9-8-10(20-12(9)15)13-18-17-11(19-13)6-5-7-16-14(2,3)4/h8,16H,5-7H2,1-4H3. The molecule has 0 unspecified atom stereocenters. The van der Waals surface area contributed by atoms with Crippen LogP contribution in [0.4, 0.5) is 0 Å². The van der Waals surface area contributed by atoms with Gasteiger partial charge in [0.1, 0.15) is 0 Å². The van der Waals surface area contributed by atoms with Crippen LogP contribution in [0.1, 0.15) is 38.6 Å². The van der Waals surface area contributed by atoms with Gasteiger partial charge in [0.15, 0.2) is 0 Å².